The zero-order valence-corrected chi connectivity index (χ0v) is 8.99. The minimum atomic E-state index is 0.366. The van der Waals surface area contributed by atoms with E-state index in [1.54, 1.807) is 0 Å². The lowest BCUT2D eigenvalue weighted by molar-refractivity contribution is 0.723. The quantitative estimate of drug-likeness (QED) is 0.783. The highest BCUT2D eigenvalue weighted by molar-refractivity contribution is 8.00. The van der Waals surface area contributed by atoms with Crippen molar-refractivity contribution in [2.75, 3.05) is 16.8 Å². The summed E-state index contributed by atoms with van der Waals surface area (Å²) in [5, 5.41) is 4.86. The summed E-state index contributed by atoms with van der Waals surface area (Å²) in [5.41, 5.74) is 5.43. The zero-order chi connectivity index (χ0) is 9.26. The van der Waals surface area contributed by atoms with Gasteiger partial charge in [-0.2, -0.15) is 21.1 Å². The Labute approximate surface area is 85.5 Å². The van der Waals surface area contributed by atoms with Gasteiger partial charge in [0.2, 0.25) is 11.1 Å². The monoisotopic (exact) mass is 216 g/mol. The molecule has 1 aromatic rings. The summed E-state index contributed by atoms with van der Waals surface area (Å²) in [5.74, 6) is 1.60. The van der Waals surface area contributed by atoms with E-state index in [0.29, 0.717) is 17.2 Å². The van der Waals surface area contributed by atoms with E-state index in [0.717, 1.165) is 5.13 Å². The average molecular weight is 216 g/mol. The minimum Gasteiger partial charge on any atom is -0.367 e. The number of hydrogen-bond donors (Lipinski definition) is 2. The second kappa shape index (κ2) is 3.71. The van der Waals surface area contributed by atoms with E-state index in [4.69, 9.17) is 5.73 Å². The van der Waals surface area contributed by atoms with E-state index in [1.165, 1.54) is 23.7 Å². The van der Waals surface area contributed by atoms with Gasteiger partial charge in [-0.1, -0.05) is 6.92 Å². The van der Waals surface area contributed by atoms with E-state index in [-0.39, 0.29) is 0 Å². The van der Waals surface area contributed by atoms with Gasteiger partial charge in [0, 0.05) is 22.8 Å². The highest BCUT2D eigenvalue weighted by Gasteiger charge is 2.24. The van der Waals surface area contributed by atoms with E-state index < -0.39 is 0 Å². The third-order valence-corrected chi connectivity index (χ3v) is 4.11. The molecular formula is C7H12N4S2. The molecule has 0 aromatic carbocycles. The molecule has 0 bridgehead atoms. The summed E-state index contributed by atoms with van der Waals surface area (Å²) in [6.45, 7) is 2.24. The van der Waals surface area contributed by atoms with Gasteiger partial charge in [-0.15, -0.1) is 0 Å². The van der Waals surface area contributed by atoms with Crippen molar-refractivity contribution in [3.63, 3.8) is 0 Å². The van der Waals surface area contributed by atoms with Crippen molar-refractivity contribution in [2.24, 2.45) is 0 Å². The van der Waals surface area contributed by atoms with Crippen molar-refractivity contribution < 1.29 is 0 Å². The minimum absolute atomic E-state index is 0.366. The number of aromatic nitrogens is 2. The van der Waals surface area contributed by atoms with Crippen LogP contribution in [-0.2, 0) is 0 Å². The summed E-state index contributed by atoms with van der Waals surface area (Å²) in [4.78, 5) is 4.07. The van der Waals surface area contributed by atoms with Gasteiger partial charge in [0.25, 0.3) is 0 Å². The second-order valence-corrected chi connectivity index (χ2v) is 5.31. The van der Waals surface area contributed by atoms with Crippen LogP contribution in [0.15, 0.2) is 0 Å². The van der Waals surface area contributed by atoms with Gasteiger partial charge in [0.1, 0.15) is 0 Å². The first kappa shape index (κ1) is 9.08. The Morgan fingerprint density at radius 1 is 1.62 bits per heavy atom. The molecule has 2 heterocycles. The topological polar surface area (TPSA) is 63.8 Å². The lowest BCUT2D eigenvalue weighted by atomic mass is 10.2. The van der Waals surface area contributed by atoms with E-state index >= 15 is 0 Å². The summed E-state index contributed by atoms with van der Waals surface area (Å²) in [6.07, 6.45) is 1.20. The smallest absolute Gasteiger partial charge is 0.233 e. The fraction of sp³-hybridized carbons (Fsp3) is 0.714. The molecule has 13 heavy (non-hydrogen) atoms. The molecule has 4 nitrogen and oxygen atoms in total. The van der Waals surface area contributed by atoms with Gasteiger partial charge >= 0.3 is 0 Å². The van der Waals surface area contributed by atoms with Crippen LogP contribution in [0.4, 0.5) is 11.1 Å². The Bertz CT molecular complexity index is 288. The molecule has 2 atom stereocenters. The molecule has 0 saturated carbocycles. The number of nitrogens with two attached hydrogens (primary N) is 1. The molecule has 0 spiro atoms. The Kier molecular flexibility index (Phi) is 2.59. The second-order valence-electron chi connectivity index (χ2n) is 3.07. The fourth-order valence-electron chi connectivity index (χ4n) is 1.37. The highest BCUT2D eigenvalue weighted by Crippen LogP contribution is 2.29. The molecule has 1 fully saturated rings. The van der Waals surface area contributed by atoms with Gasteiger partial charge in [-0.05, 0) is 12.2 Å². The van der Waals surface area contributed by atoms with Crippen molar-refractivity contribution in [3.8, 4) is 0 Å². The zero-order valence-electron chi connectivity index (χ0n) is 7.36. The van der Waals surface area contributed by atoms with E-state index in [1.807, 2.05) is 11.8 Å². The number of thioether (sulfide) groups is 1. The summed E-state index contributed by atoms with van der Waals surface area (Å²) in [7, 11) is 0. The van der Waals surface area contributed by atoms with Crippen molar-refractivity contribution in [1.82, 2.24) is 9.36 Å². The summed E-state index contributed by atoms with van der Waals surface area (Å²) >= 11 is 3.33. The van der Waals surface area contributed by atoms with Crippen molar-refractivity contribution >= 4 is 34.4 Å². The number of nitrogen functional groups attached to an aromatic ring is 1. The van der Waals surface area contributed by atoms with Gasteiger partial charge in [-0.25, -0.2) is 0 Å². The first-order valence-electron chi connectivity index (χ1n) is 4.23. The number of rotatable bonds is 2. The third kappa shape index (κ3) is 2.05. The van der Waals surface area contributed by atoms with Crippen LogP contribution in [0, 0.1) is 0 Å². The summed E-state index contributed by atoms with van der Waals surface area (Å²) in [6, 6.07) is 0.525. The molecule has 1 aliphatic heterocycles. The van der Waals surface area contributed by atoms with Crippen LogP contribution < -0.4 is 11.1 Å². The molecule has 6 heteroatoms. The maximum atomic E-state index is 5.43. The van der Waals surface area contributed by atoms with Crippen molar-refractivity contribution in [3.05, 3.63) is 0 Å². The molecule has 2 rings (SSSR count). The maximum Gasteiger partial charge on any atom is 0.233 e. The molecule has 0 aliphatic carbocycles. The SMILES string of the molecule is CC1SCCC1Nc1nc(N)ns1. The maximum absolute atomic E-state index is 5.43. The standard InChI is InChI=1S/C7H12N4S2/c1-4-5(2-3-12-4)9-7-10-6(8)11-13-7/h4-5H,2-3H2,1H3,(H3,8,9,10,11). The van der Waals surface area contributed by atoms with Crippen LogP contribution in [0.2, 0.25) is 0 Å². The lowest BCUT2D eigenvalue weighted by Crippen LogP contribution is -2.24. The molecule has 0 amide bonds. The fourth-order valence-corrected chi connectivity index (χ4v) is 3.13. The molecule has 2 unspecified atom stereocenters. The average Bonchev–Trinajstić information content (AvgIpc) is 2.64. The van der Waals surface area contributed by atoms with Crippen molar-refractivity contribution in [2.45, 2.75) is 24.6 Å². The van der Waals surface area contributed by atoms with E-state index in [2.05, 4.69) is 21.6 Å². The molecule has 72 valence electrons. The van der Waals surface area contributed by atoms with E-state index in [9.17, 15) is 0 Å². The molecule has 1 aliphatic rings. The molecular weight excluding hydrogens is 204 g/mol. The van der Waals surface area contributed by atoms with Crippen molar-refractivity contribution in [1.29, 1.82) is 0 Å². The van der Waals surface area contributed by atoms with Crippen LogP contribution in [0.25, 0.3) is 0 Å². The lowest BCUT2D eigenvalue weighted by Gasteiger charge is -2.14. The van der Waals surface area contributed by atoms with Crippen LogP contribution in [0.3, 0.4) is 0 Å². The van der Waals surface area contributed by atoms with Crippen LogP contribution in [0.1, 0.15) is 13.3 Å². The van der Waals surface area contributed by atoms with Crippen LogP contribution >= 0.6 is 23.3 Å². The van der Waals surface area contributed by atoms with Gasteiger partial charge in [0.15, 0.2) is 0 Å². The Morgan fingerprint density at radius 3 is 3.00 bits per heavy atom. The highest BCUT2D eigenvalue weighted by atomic mass is 32.2. The first-order chi connectivity index (χ1) is 6.25. The predicted molar refractivity (Wildman–Crippen MR) is 58.3 cm³/mol. The molecule has 1 saturated heterocycles. The number of hydrogen-bond acceptors (Lipinski definition) is 6. The van der Waals surface area contributed by atoms with Gasteiger partial charge in [-0.3, -0.25) is 0 Å². The Morgan fingerprint density at radius 2 is 2.46 bits per heavy atom. The largest absolute Gasteiger partial charge is 0.367 e. The van der Waals surface area contributed by atoms with Crippen LogP contribution in [-0.4, -0.2) is 26.4 Å². The molecule has 1 aromatic heterocycles. The predicted octanol–water partition coefficient (Wildman–Crippen LogP) is 1.43. The molecule has 0 radical (unpaired) electrons. The van der Waals surface area contributed by atoms with Gasteiger partial charge in [0.05, 0.1) is 0 Å². The molecule has 3 N–H and O–H groups in total. The van der Waals surface area contributed by atoms with Gasteiger partial charge < -0.3 is 11.1 Å². The normalized spacial score (nSPS) is 27.8. The number of nitrogens with zero attached hydrogens (tertiary/aromatic N) is 2. The Hall–Kier alpha value is -0.490. The number of anilines is 2. The Balaban J connectivity index is 1.97. The van der Waals surface area contributed by atoms with Crippen LogP contribution in [0.5, 0.6) is 0 Å². The summed E-state index contributed by atoms with van der Waals surface area (Å²) < 4.78 is 3.92. The number of nitrogens with one attached hydrogen (secondary N) is 1. The third-order valence-electron chi connectivity index (χ3n) is 2.13. The first-order valence-corrected chi connectivity index (χ1v) is 6.05.